The molecule has 4 rings (SSSR count). The fourth-order valence-corrected chi connectivity index (χ4v) is 3.23. The fraction of sp³-hybridized carbons (Fsp3) is 0.389. The Kier molecular flexibility index (Phi) is 5.40. The van der Waals surface area contributed by atoms with E-state index in [2.05, 4.69) is 24.9 Å². The van der Waals surface area contributed by atoms with E-state index < -0.39 is 17.7 Å². The Bertz CT molecular complexity index is 1040. The van der Waals surface area contributed by atoms with Gasteiger partial charge in [-0.05, 0) is 6.92 Å². The Balaban J connectivity index is 1.79. The van der Waals surface area contributed by atoms with Gasteiger partial charge in [-0.25, -0.2) is 13.8 Å². The molecule has 30 heavy (non-hydrogen) atoms. The molecular weight excluding hydrogens is 396 g/mol. The molecule has 12 heteroatoms. The second-order valence-corrected chi connectivity index (χ2v) is 6.86. The van der Waals surface area contributed by atoms with Crippen LogP contribution in [-0.2, 0) is 11.8 Å². The first-order valence-corrected chi connectivity index (χ1v) is 9.35. The lowest BCUT2D eigenvalue weighted by atomic mass is 10.1. The highest BCUT2D eigenvalue weighted by Crippen LogP contribution is 2.33. The van der Waals surface area contributed by atoms with Gasteiger partial charge < -0.3 is 19.9 Å². The third-order valence-corrected chi connectivity index (χ3v) is 4.70. The molecule has 0 aromatic carbocycles. The van der Waals surface area contributed by atoms with Crippen LogP contribution >= 0.6 is 0 Å². The summed E-state index contributed by atoms with van der Waals surface area (Å²) in [6.07, 6.45) is 4.29. The number of rotatable bonds is 5. The molecule has 1 atom stereocenters. The quantitative estimate of drug-likeness (QED) is 0.661. The van der Waals surface area contributed by atoms with Gasteiger partial charge in [0.25, 0.3) is 0 Å². The zero-order valence-corrected chi connectivity index (χ0v) is 16.5. The Morgan fingerprint density at radius 3 is 2.60 bits per heavy atom. The van der Waals surface area contributed by atoms with Gasteiger partial charge in [-0.15, -0.1) is 0 Å². The van der Waals surface area contributed by atoms with E-state index in [4.69, 9.17) is 10.5 Å². The first kappa shape index (κ1) is 19.9. The number of halogens is 2. The van der Waals surface area contributed by atoms with E-state index in [-0.39, 0.29) is 17.6 Å². The summed E-state index contributed by atoms with van der Waals surface area (Å²) in [5.74, 6) is -0.496. The van der Waals surface area contributed by atoms with Gasteiger partial charge in [0.2, 0.25) is 17.8 Å². The molecule has 0 amide bonds. The Hall–Kier alpha value is -3.41. The molecule has 4 heterocycles. The lowest BCUT2D eigenvalue weighted by Gasteiger charge is -2.30. The molecule has 2 N–H and O–H groups in total. The summed E-state index contributed by atoms with van der Waals surface area (Å²) >= 11 is 0. The Morgan fingerprint density at radius 2 is 1.93 bits per heavy atom. The fourth-order valence-electron chi connectivity index (χ4n) is 3.23. The number of morpholine rings is 1. The van der Waals surface area contributed by atoms with Crippen LogP contribution in [0.15, 0.2) is 24.8 Å². The number of anilines is 4. The van der Waals surface area contributed by atoms with Crippen LogP contribution in [0.25, 0.3) is 0 Å². The zero-order valence-electron chi connectivity index (χ0n) is 16.5. The van der Waals surface area contributed by atoms with Crippen LogP contribution in [-0.4, -0.2) is 55.8 Å². The SMILES string of the molecule is C[C@H](c1ncc(F)cc1F)N(c1cn(C)cn1)c1nc(N)nc(N2CCOCC2)n1. The standard InChI is InChI=1S/C18H21F2N9O/c1-11(15-13(20)7-12(19)8-22-15)29(14-9-27(2)10-23-14)18-25-16(21)24-17(26-18)28-3-5-30-6-4-28/h7-11H,3-6H2,1-2H3,(H2,21,24,25,26)/t11-/m1/s1. The molecule has 1 fully saturated rings. The molecule has 0 radical (unpaired) electrons. The maximum absolute atomic E-state index is 14.5. The van der Waals surface area contributed by atoms with Crippen molar-refractivity contribution in [3.63, 3.8) is 0 Å². The van der Waals surface area contributed by atoms with Crippen LogP contribution < -0.4 is 15.5 Å². The van der Waals surface area contributed by atoms with E-state index in [9.17, 15) is 8.78 Å². The van der Waals surface area contributed by atoms with Crippen molar-refractivity contribution in [1.82, 2.24) is 29.5 Å². The van der Waals surface area contributed by atoms with Crippen molar-refractivity contribution in [2.75, 3.05) is 41.8 Å². The number of ether oxygens (including phenoxy) is 1. The number of hydrogen-bond donors (Lipinski definition) is 1. The molecule has 3 aromatic heterocycles. The maximum Gasteiger partial charge on any atom is 0.238 e. The number of pyridine rings is 1. The first-order valence-electron chi connectivity index (χ1n) is 9.35. The molecule has 0 unspecified atom stereocenters. The van der Waals surface area contributed by atoms with Crippen molar-refractivity contribution in [3.05, 3.63) is 42.1 Å². The van der Waals surface area contributed by atoms with Crippen molar-refractivity contribution < 1.29 is 13.5 Å². The summed E-state index contributed by atoms with van der Waals surface area (Å²) in [7, 11) is 1.80. The highest BCUT2D eigenvalue weighted by molar-refractivity contribution is 5.56. The van der Waals surface area contributed by atoms with Crippen LogP contribution in [0.5, 0.6) is 0 Å². The van der Waals surface area contributed by atoms with Gasteiger partial charge in [-0.2, -0.15) is 15.0 Å². The molecule has 158 valence electrons. The van der Waals surface area contributed by atoms with Gasteiger partial charge in [-0.1, -0.05) is 0 Å². The summed E-state index contributed by atoms with van der Waals surface area (Å²) in [4.78, 5) is 24.9. The predicted octanol–water partition coefficient (Wildman–Crippen LogP) is 1.60. The average molecular weight is 417 g/mol. The van der Waals surface area contributed by atoms with Crippen LogP contribution in [0.4, 0.5) is 32.4 Å². The summed E-state index contributed by atoms with van der Waals surface area (Å²) in [5, 5.41) is 0. The van der Waals surface area contributed by atoms with Crippen molar-refractivity contribution in [2.45, 2.75) is 13.0 Å². The predicted molar refractivity (Wildman–Crippen MR) is 105 cm³/mol. The summed E-state index contributed by atoms with van der Waals surface area (Å²) in [6, 6.07) is 0.0796. The maximum atomic E-state index is 14.5. The van der Waals surface area contributed by atoms with Gasteiger partial charge in [0, 0.05) is 32.4 Å². The van der Waals surface area contributed by atoms with Gasteiger partial charge in [0.05, 0.1) is 37.5 Å². The van der Waals surface area contributed by atoms with Gasteiger partial charge in [-0.3, -0.25) is 9.88 Å². The van der Waals surface area contributed by atoms with Crippen molar-refractivity contribution in [2.24, 2.45) is 7.05 Å². The molecule has 0 aliphatic carbocycles. The molecule has 1 saturated heterocycles. The molecule has 0 saturated carbocycles. The molecule has 10 nitrogen and oxygen atoms in total. The molecule has 3 aromatic rings. The Labute approximate surface area is 171 Å². The second kappa shape index (κ2) is 8.14. The molecule has 0 spiro atoms. The van der Waals surface area contributed by atoms with E-state index in [1.54, 1.807) is 36.0 Å². The lowest BCUT2D eigenvalue weighted by Crippen LogP contribution is -2.38. The average Bonchev–Trinajstić information content (AvgIpc) is 3.14. The number of nitrogens with zero attached hydrogens (tertiary/aromatic N) is 8. The number of imidazole rings is 1. The number of aryl methyl sites for hydroxylation is 1. The minimum Gasteiger partial charge on any atom is -0.378 e. The topological polar surface area (TPSA) is 111 Å². The first-order chi connectivity index (χ1) is 14.4. The van der Waals surface area contributed by atoms with Crippen molar-refractivity contribution in [1.29, 1.82) is 0 Å². The Morgan fingerprint density at radius 1 is 1.17 bits per heavy atom. The third-order valence-electron chi connectivity index (χ3n) is 4.70. The summed E-state index contributed by atoms with van der Waals surface area (Å²) in [6.45, 7) is 4.01. The van der Waals surface area contributed by atoms with Gasteiger partial charge in [0.15, 0.2) is 5.82 Å². The van der Waals surface area contributed by atoms with Crippen LogP contribution in [0.3, 0.4) is 0 Å². The number of nitrogens with two attached hydrogens (primary N) is 1. The van der Waals surface area contributed by atoms with E-state index >= 15 is 0 Å². The van der Waals surface area contributed by atoms with E-state index in [1.807, 2.05) is 4.90 Å². The summed E-state index contributed by atoms with van der Waals surface area (Å²) < 4.78 is 35.0. The number of aromatic nitrogens is 6. The van der Waals surface area contributed by atoms with Crippen molar-refractivity contribution >= 4 is 23.7 Å². The second-order valence-electron chi connectivity index (χ2n) is 6.86. The van der Waals surface area contributed by atoms with Gasteiger partial charge in [0.1, 0.15) is 11.6 Å². The molecule has 0 bridgehead atoms. The highest BCUT2D eigenvalue weighted by Gasteiger charge is 2.28. The normalized spacial score (nSPS) is 15.3. The van der Waals surface area contributed by atoms with Crippen LogP contribution in [0, 0.1) is 11.6 Å². The van der Waals surface area contributed by atoms with E-state index in [1.165, 1.54) is 0 Å². The van der Waals surface area contributed by atoms with Crippen LogP contribution in [0.1, 0.15) is 18.7 Å². The third kappa shape index (κ3) is 3.99. The smallest absolute Gasteiger partial charge is 0.238 e. The van der Waals surface area contributed by atoms with E-state index in [0.717, 1.165) is 12.3 Å². The largest absolute Gasteiger partial charge is 0.378 e. The highest BCUT2D eigenvalue weighted by atomic mass is 19.1. The minimum atomic E-state index is -0.779. The molecule has 1 aliphatic rings. The molecular formula is C18H21F2N9O. The van der Waals surface area contributed by atoms with E-state index in [0.29, 0.717) is 38.1 Å². The van der Waals surface area contributed by atoms with Crippen LogP contribution in [0.2, 0.25) is 0 Å². The minimum absolute atomic E-state index is 0.0159. The monoisotopic (exact) mass is 417 g/mol. The molecule has 1 aliphatic heterocycles. The zero-order chi connectivity index (χ0) is 21.3. The number of hydrogen-bond acceptors (Lipinski definition) is 9. The summed E-state index contributed by atoms with van der Waals surface area (Å²) in [5.41, 5.74) is 5.99. The van der Waals surface area contributed by atoms with Gasteiger partial charge >= 0.3 is 0 Å². The van der Waals surface area contributed by atoms with Crippen molar-refractivity contribution in [3.8, 4) is 0 Å². The number of nitrogen functional groups attached to an aromatic ring is 1. The lowest BCUT2D eigenvalue weighted by molar-refractivity contribution is 0.122.